The molecule has 0 saturated heterocycles. The zero-order valence-corrected chi connectivity index (χ0v) is 14.5. The van der Waals surface area contributed by atoms with Crippen LogP contribution >= 0.6 is 11.6 Å². The van der Waals surface area contributed by atoms with Crippen LogP contribution in [-0.4, -0.2) is 19.1 Å². The Bertz CT molecular complexity index is 728. The number of hydrogen-bond donors (Lipinski definition) is 1. The van der Waals surface area contributed by atoms with Crippen LogP contribution in [0.3, 0.4) is 0 Å². The smallest absolute Gasteiger partial charge is 0.251 e. The maximum absolute atomic E-state index is 12.5. The van der Waals surface area contributed by atoms with Crippen LogP contribution in [0.4, 0.5) is 0 Å². The average molecular weight is 346 g/mol. The molecule has 0 aliphatic carbocycles. The molecule has 0 saturated carbocycles. The number of hydrogen-bond acceptors (Lipinski definition) is 3. The Hall–Kier alpha value is -2.20. The van der Waals surface area contributed by atoms with Gasteiger partial charge in [0.1, 0.15) is 13.2 Å². The fraction of sp³-hybridized carbons (Fsp3) is 0.316. The Kier molecular flexibility index (Phi) is 4.95. The van der Waals surface area contributed by atoms with Crippen LogP contribution in [0.2, 0.25) is 5.02 Å². The minimum Gasteiger partial charge on any atom is -0.486 e. The van der Waals surface area contributed by atoms with Gasteiger partial charge < -0.3 is 14.8 Å². The summed E-state index contributed by atoms with van der Waals surface area (Å²) >= 11 is 5.88. The molecule has 1 aliphatic rings. The van der Waals surface area contributed by atoms with Crippen molar-refractivity contribution in [1.82, 2.24) is 5.32 Å². The normalized spacial score (nSPS) is 14.3. The van der Waals surface area contributed by atoms with E-state index in [9.17, 15) is 4.79 Å². The van der Waals surface area contributed by atoms with Crippen molar-refractivity contribution < 1.29 is 14.3 Å². The summed E-state index contributed by atoms with van der Waals surface area (Å²) in [7, 11) is 0. The second-order valence-corrected chi connectivity index (χ2v) is 6.54. The summed E-state index contributed by atoms with van der Waals surface area (Å²) in [4.78, 5) is 12.5. The minimum absolute atomic E-state index is 0.121. The number of carbonyl (C=O) groups excluding carboxylic acids is 1. The Morgan fingerprint density at radius 1 is 1.04 bits per heavy atom. The van der Waals surface area contributed by atoms with Crippen LogP contribution in [0.25, 0.3) is 0 Å². The van der Waals surface area contributed by atoms with Gasteiger partial charge in [0.25, 0.3) is 5.91 Å². The zero-order valence-electron chi connectivity index (χ0n) is 13.7. The van der Waals surface area contributed by atoms with Gasteiger partial charge in [0.2, 0.25) is 0 Å². The van der Waals surface area contributed by atoms with E-state index in [0.717, 1.165) is 17.1 Å². The summed E-state index contributed by atoms with van der Waals surface area (Å²) < 4.78 is 11.2. The first-order valence-electron chi connectivity index (χ1n) is 8.00. The van der Waals surface area contributed by atoms with Crippen molar-refractivity contribution in [2.24, 2.45) is 5.92 Å². The van der Waals surface area contributed by atoms with Gasteiger partial charge in [-0.15, -0.1) is 0 Å². The van der Waals surface area contributed by atoms with E-state index in [2.05, 4.69) is 19.2 Å². The van der Waals surface area contributed by atoms with Gasteiger partial charge in [0.15, 0.2) is 11.5 Å². The zero-order chi connectivity index (χ0) is 17.1. The first kappa shape index (κ1) is 16.7. The van der Waals surface area contributed by atoms with E-state index in [0.29, 0.717) is 23.8 Å². The molecule has 1 amide bonds. The summed E-state index contributed by atoms with van der Waals surface area (Å²) in [6, 6.07) is 12.6. The summed E-state index contributed by atoms with van der Waals surface area (Å²) in [5, 5.41) is 3.71. The Morgan fingerprint density at radius 3 is 2.38 bits per heavy atom. The highest BCUT2D eigenvalue weighted by molar-refractivity contribution is 6.30. The Balaban J connectivity index is 1.82. The Labute approximate surface area is 146 Å². The molecule has 0 radical (unpaired) electrons. The maximum atomic E-state index is 12.5. The van der Waals surface area contributed by atoms with Gasteiger partial charge in [-0.25, -0.2) is 0 Å². The van der Waals surface area contributed by atoms with Gasteiger partial charge in [0.05, 0.1) is 6.04 Å². The lowest BCUT2D eigenvalue weighted by atomic mass is 9.95. The summed E-state index contributed by atoms with van der Waals surface area (Å²) in [5.74, 6) is 1.57. The van der Waals surface area contributed by atoms with Crippen LogP contribution in [0, 0.1) is 5.92 Å². The molecule has 0 aromatic heterocycles. The van der Waals surface area contributed by atoms with Crippen molar-refractivity contribution in [1.29, 1.82) is 0 Å². The molecule has 1 aliphatic heterocycles. The number of amides is 1. The van der Waals surface area contributed by atoms with Crippen molar-refractivity contribution in [3.63, 3.8) is 0 Å². The van der Waals surface area contributed by atoms with Crippen molar-refractivity contribution in [2.75, 3.05) is 13.2 Å². The van der Waals surface area contributed by atoms with E-state index in [1.165, 1.54) is 0 Å². The number of benzene rings is 2. The molecular weight excluding hydrogens is 326 g/mol. The van der Waals surface area contributed by atoms with Crippen molar-refractivity contribution in [2.45, 2.75) is 19.9 Å². The number of rotatable bonds is 4. The summed E-state index contributed by atoms with van der Waals surface area (Å²) in [6.07, 6.45) is 0. The number of nitrogens with one attached hydrogen (secondary N) is 1. The number of halogens is 1. The molecule has 0 unspecified atom stereocenters. The van der Waals surface area contributed by atoms with Gasteiger partial charge in [-0.1, -0.05) is 31.5 Å². The highest BCUT2D eigenvalue weighted by Gasteiger charge is 2.22. The molecule has 0 bridgehead atoms. The third-order valence-corrected chi connectivity index (χ3v) is 4.24. The fourth-order valence-corrected chi connectivity index (χ4v) is 2.84. The van der Waals surface area contributed by atoms with E-state index in [1.54, 1.807) is 24.3 Å². The molecule has 3 rings (SSSR count). The molecule has 4 nitrogen and oxygen atoms in total. The van der Waals surface area contributed by atoms with Gasteiger partial charge in [-0.3, -0.25) is 4.79 Å². The number of fused-ring (bicyclic) bond motifs is 1. The molecular formula is C19H20ClNO3. The molecule has 0 fully saturated rings. The van der Waals surface area contributed by atoms with Crippen LogP contribution in [0.1, 0.15) is 35.8 Å². The third-order valence-electron chi connectivity index (χ3n) is 3.99. The lowest BCUT2D eigenvalue weighted by molar-refractivity contribution is 0.0925. The molecule has 0 spiro atoms. The molecule has 1 heterocycles. The Morgan fingerprint density at radius 2 is 1.71 bits per heavy atom. The quantitative estimate of drug-likeness (QED) is 0.901. The van der Waals surface area contributed by atoms with E-state index >= 15 is 0 Å². The fourth-order valence-electron chi connectivity index (χ4n) is 2.71. The number of ether oxygens (including phenoxy) is 2. The van der Waals surface area contributed by atoms with E-state index < -0.39 is 0 Å². The lowest BCUT2D eigenvalue weighted by Gasteiger charge is -2.25. The van der Waals surface area contributed by atoms with E-state index in [4.69, 9.17) is 21.1 Å². The first-order valence-corrected chi connectivity index (χ1v) is 8.38. The monoisotopic (exact) mass is 345 g/mol. The predicted molar refractivity (Wildman–Crippen MR) is 93.9 cm³/mol. The molecule has 1 N–H and O–H groups in total. The predicted octanol–water partition coefficient (Wildman–Crippen LogP) is 4.24. The van der Waals surface area contributed by atoms with E-state index in [-0.39, 0.29) is 17.9 Å². The van der Waals surface area contributed by atoms with E-state index in [1.807, 2.05) is 18.2 Å². The van der Waals surface area contributed by atoms with Crippen LogP contribution in [0.5, 0.6) is 11.5 Å². The third kappa shape index (κ3) is 3.65. The SMILES string of the molecule is CC(C)[C@@H](NC(=O)c1ccc(Cl)cc1)c1ccc2c(c1)OCCO2. The molecule has 126 valence electrons. The molecule has 5 heteroatoms. The largest absolute Gasteiger partial charge is 0.486 e. The topological polar surface area (TPSA) is 47.6 Å². The second kappa shape index (κ2) is 7.14. The summed E-state index contributed by atoms with van der Waals surface area (Å²) in [5.41, 5.74) is 1.58. The standard InChI is InChI=1S/C19H20ClNO3/c1-12(2)18(21-19(22)13-3-6-15(20)7-4-13)14-5-8-16-17(11-14)24-10-9-23-16/h3-8,11-12,18H,9-10H2,1-2H3,(H,21,22)/t18-/m1/s1. The van der Waals surface area contributed by atoms with Gasteiger partial charge >= 0.3 is 0 Å². The highest BCUT2D eigenvalue weighted by atomic mass is 35.5. The van der Waals surface area contributed by atoms with Crippen LogP contribution in [-0.2, 0) is 0 Å². The maximum Gasteiger partial charge on any atom is 0.251 e. The molecule has 1 atom stereocenters. The van der Waals surface area contributed by atoms with Crippen molar-refractivity contribution in [3.8, 4) is 11.5 Å². The molecule has 2 aromatic rings. The lowest BCUT2D eigenvalue weighted by Crippen LogP contribution is -2.31. The number of carbonyl (C=O) groups is 1. The van der Waals surface area contributed by atoms with Crippen LogP contribution < -0.4 is 14.8 Å². The van der Waals surface area contributed by atoms with Gasteiger partial charge in [-0.05, 0) is 47.9 Å². The van der Waals surface area contributed by atoms with Gasteiger partial charge in [-0.2, -0.15) is 0 Å². The summed E-state index contributed by atoms with van der Waals surface area (Å²) in [6.45, 7) is 5.25. The first-order chi connectivity index (χ1) is 11.5. The molecule has 24 heavy (non-hydrogen) atoms. The van der Waals surface area contributed by atoms with Crippen LogP contribution in [0.15, 0.2) is 42.5 Å². The van der Waals surface area contributed by atoms with Crippen molar-refractivity contribution in [3.05, 3.63) is 58.6 Å². The van der Waals surface area contributed by atoms with Crippen molar-refractivity contribution >= 4 is 17.5 Å². The second-order valence-electron chi connectivity index (χ2n) is 6.11. The highest BCUT2D eigenvalue weighted by Crippen LogP contribution is 2.34. The molecule has 2 aromatic carbocycles. The minimum atomic E-state index is -0.125. The average Bonchev–Trinajstić information content (AvgIpc) is 2.59. The van der Waals surface area contributed by atoms with Gasteiger partial charge in [0, 0.05) is 10.6 Å².